The van der Waals surface area contributed by atoms with Gasteiger partial charge in [-0.1, -0.05) is 37.6 Å². The van der Waals surface area contributed by atoms with E-state index in [0.29, 0.717) is 17.3 Å². The van der Waals surface area contributed by atoms with Crippen molar-refractivity contribution >= 4 is 23.5 Å². The maximum Gasteiger partial charge on any atom is 0.323 e. The van der Waals surface area contributed by atoms with E-state index in [1.54, 1.807) is 30.3 Å². The second kappa shape index (κ2) is 7.28. The van der Waals surface area contributed by atoms with Crippen LogP contribution in [-0.4, -0.2) is 45.2 Å². The fourth-order valence-corrected chi connectivity index (χ4v) is 2.32. The van der Waals surface area contributed by atoms with Gasteiger partial charge in [0.25, 0.3) is 5.91 Å². The molecule has 0 bridgehead atoms. The molecule has 2 rings (SSSR count). The molecule has 1 aromatic carbocycles. The number of nitrogens with zero attached hydrogens (tertiary/aromatic N) is 2. The van der Waals surface area contributed by atoms with Crippen LogP contribution in [-0.2, 0) is 4.79 Å². The molecule has 0 unspecified atom stereocenters. The van der Waals surface area contributed by atoms with Gasteiger partial charge in [-0.15, -0.1) is 0 Å². The molecule has 1 heterocycles. The molecule has 0 saturated carbocycles. The molecule has 0 radical (unpaired) electrons. The maximum atomic E-state index is 12.5. The minimum Gasteiger partial charge on any atom is -0.480 e. The van der Waals surface area contributed by atoms with Gasteiger partial charge in [0.2, 0.25) is 0 Å². The van der Waals surface area contributed by atoms with Gasteiger partial charge in [0, 0.05) is 17.1 Å². The van der Waals surface area contributed by atoms with Crippen molar-refractivity contribution in [2.75, 3.05) is 13.1 Å². The molecule has 0 spiro atoms. The van der Waals surface area contributed by atoms with Crippen LogP contribution in [0.2, 0.25) is 5.02 Å². The molecule has 0 saturated heterocycles. The molecule has 0 aliphatic heterocycles. The first-order valence-corrected chi connectivity index (χ1v) is 7.57. The summed E-state index contributed by atoms with van der Waals surface area (Å²) in [5.41, 5.74) is 1.68. The largest absolute Gasteiger partial charge is 0.480 e. The lowest BCUT2D eigenvalue weighted by atomic mass is 10.1. The highest BCUT2D eigenvalue weighted by Gasteiger charge is 2.21. The smallest absolute Gasteiger partial charge is 0.323 e. The third-order valence-electron chi connectivity index (χ3n) is 3.15. The van der Waals surface area contributed by atoms with E-state index >= 15 is 0 Å². The molecule has 23 heavy (non-hydrogen) atoms. The summed E-state index contributed by atoms with van der Waals surface area (Å²) in [4.78, 5) is 24.7. The molecule has 7 heteroatoms. The first-order valence-electron chi connectivity index (χ1n) is 7.19. The van der Waals surface area contributed by atoms with Gasteiger partial charge in [-0.25, -0.2) is 0 Å². The maximum absolute atomic E-state index is 12.5. The predicted octanol–water partition coefficient (Wildman–Crippen LogP) is 2.91. The zero-order chi connectivity index (χ0) is 17.0. The van der Waals surface area contributed by atoms with Crippen LogP contribution in [0, 0.1) is 5.92 Å². The Morgan fingerprint density at radius 1 is 1.30 bits per heavy atom. The number of halogens is 1. The van der Waals surface area contributed by atoms with Crippen LogP contribution >= 0.6 is 11.6 Å². The minimum absolute atomic E-state index is 0.164. The first-order chi connectivity index (χ1) is 10.9. The number of hydrogen-bond acceptors (Lipinski definition) is 3. The normalized spacial score (nSPS) is 10.8. The minimum atomic E-state index is -1.04. The highest BCUT2D eigenvalue weighted by atomic mass is 35.5. The lowest BCUT2D eigenvalue weighted by Gasteiger charge is -2.21. The van der Waals surface area contributed by atoms with Crippen molar-refractivity contribution in [3.05, 3.63) is 41.0 Å². The zero-order valence-corrected chi connectivity index (χ0v) is 13.7. The van der Waals surface area contributed by atoms with Crippen molar-refractivity contribution < 1.29 is 14.7 Å². The third-order valence-corrected chi connectivity index (χ3v) is 3.40. The van der Waals surface area contributed by atoms with Crippen molar-refractivity contribution in [1.29, 1.82) is 0 Å². The summed E-state index contributed by atoms with van der Waals surface area (Å²) in [5, 5.41) is 16.4. The monoisotopic (exact) mass is 335 g/mol. The van der Waals surface area contributed by atoms with Gasteiger partial charge in [-0.2, -0.15) is 5.10 Å². The lowest BCUT2D eigenvalue weighted by molar-refractivity contribution is -0.137. The summed E-state index contributed by atoms with van der Waals surface area (Å²) in [6.07, 6.45) is 0. The number of carboxylic acids is 1. The van der Waals surface area contributed by atoms with E-state index in [2.05, 4.69) is 10.2 Å². The Balaban J connectivity index is 2.21. The molecule has 2 N–H and O–H groups in total. The number of carboxylic acid groups (broad SMARTS) is 1. The van der Waals surface area contributed by atoms with Crippen LogP contribution in [0.5, 0.6) is 0 Å². The number of rotatable bonds is 6. The molecule has 1 amide bonds. The van der Waals surface area contributed by atoms with Gasteiger partial charge in [-0.3, -0.25) is 14.7 Å². The molecule has 0 aliphatic carbocycles. The average molecular weight is 336 g/mol. The molecule has 2 aromatic rings. The fourth-order valence-electron chi connectivity index (χ4n) is 2.19. The predicted molar refractivity (Wildman–Crippen MR) is 87.4 cm³/mol. The molecule has 0 aliphatic rings. The molecular weight excluding hydrogens is 318 g/mol. The summed E-state index contributed by atoms with van der Waals surface area (Å²) < 4.78 is 0. The Kier molecular flexibility index (Phi) is 5.39. The lowest BCUT2D eigenvalue weighted by Crippen LogP contribution is -2.38. The molecule has 122 valence electrons. The second-order valence-electron chi connectivity index (χ2n) is 5.65. The number of aliphatic carboxylic acids is 1. The number of carbonyl (C=O) groups is 2. The summed E-state index contributed by atoms with van der Waals surface area (Å²) in [6, 6.07) is 8.69. The summed E-state index contributed by atoms with van der Waals surface area (Å²) >= 11 is 5.85. The van der Waals surface area contributed by atoms with Crippen molar-refractivity contribution in [3.8, 4) is 11.3 Å². The molecule has 0 fully saturated rings. The van der Waals surface area contributed by atoms with E-state index in [1.807, 2.05) is 13.8 Å². The molecular formula is C16H18ClN3O3. The van der Waals surface area contributed by atoms with Gasteiger partial charge in [-0.05, 0) is 24.1 Å². The SMILES string of the molecule is CC(C)CN(CC(=O)O)C(=O)c1cc(-c2ccc(Cl)cc2)n[nH]1. The van der Waals surface area contributed by atoms with E-state index < -0.39 is 5.97 Å². The Bertz CT molecular complexity index is 695. The topological polar surface area (TPSA) is 86.3 Å². The van der Waals surface area contributed by atoms with Crippen LogP contribution < -0.4 is 0 Å². The van der Waals surface area contributed by atoms with Gasteiger partial charge >= 0.3 is 5.97 Å². The van der Waals surface area contributed by atoms with Gasteiger partial charge in [0.15, 0.2) is 0 Å². The number of aromatic nitrogens is 2. The van der Waals surface area contributed by atoms with E-state index in [4.69, 9.17) is 16.7 Å². The fraction of sp³-hybridized carbons (Fsp3) is 0.312. The van der Waals surface area contributed by atoms with Gasteiger partial charge in [0.05, 0.1) is 5.69 Å². The van der Waals surface area contributed by atoms with E-state index in [1.165, 1.54) is 4.90 Å². The Morgan fingerprint density at radius 3 is 2.52 bits per heavy atom. The first kappa shape index (κ1) is 17.0. The van der Waals surface area contributed by atoms with Crippen LogP contribution in [0.3, 0.4) is 0 Å². The van der Waals surface area contributed by atoms with E-state index in [9.17, 15) is 9.59 Å². The van der Waals surface area contributed by atoms with Crippen molar-refractivity contribution in [2.45, 2.75) is 13.8 Å². The van der Waals surface area contributed by atoms with Crippen LogP contribution in [0.4, 0.5) is 0 Å². The molecule has 6 nitrogen and oxygen atoms in total. The Morgan fingerprint density at radius 2 is 1.96 bits per heavy atom. The highest BCUT2D eigenvalue weighted by molar-refractivity contribution is 6.30. The van der Waals surface area contributed by atoms with E-state index in [-0.39, 0.29) is 24.1 Å². The highest BCUT2D eigenvalue weighted by Crippen LogP contribution is 2.20. The zero-order valence-electron chi connectivity index (χ0n) is 12.9. The average Bonchev–Trinajstić information content (AvgIpc) is 2.95. The summed E-state index contributed by atoms with van der Waals surface area (Å²) in [7, 11) is 0. The number of benzene rings is 1. The second-order valence-corrected chi connectivity index (χ2v) is 6.08. The summed E-state index contributed by atoms with van der Waals surface area (Å²) in [6.45, 7) is 3.87. The Labute approximate surface area is 139 Å². The number of amides is 1. The Hall–Kier alpha value is -2.34. The number of hydrogen-bond donors (Lipinski definition) is 2. The van der Waals surface area contributed by atoms with E-state index in [0.717, 1.165) is 5.56 Å². The number of nitrogens with one attached hydrogen (secondary N) is 1. The number of carbonyl (C=O) groups excluding carboxylic acids is 1. The summed E-state index contributed by atoms with van der Waals surface area (Å²) in [5.74, 6) is -1.26. The van der Waals surface area contributed by atoms with Gasteiger partial charge < -0.3 is 10.0 Å². The van der Waals surface area contributed by atoms with Crippen molar-refractivity contribution in [1.82, 2.24) is 15.1 Å². The van der Waals surface area contributed by atoms with Crippen LogP contribution in [0.1, 0.15) is 24.3 Å². The van der Waals surface area contributed by atoms with Crippen molar-refractivity contribution in [2.24, 2.45) is 5.92 Å². The molecule has 1 aromatic heterocycles. The van der Waals surface area contributed by atoms with Crippen molar-refractivity contribution in [3.63, 3.8) is 0 Å². The van der Waals surface area contributed by atoms with Crippen LogP contribution in [0.15, 0.2) is 30.3 Å². The molecule has 0 atom stereocenters. The standard InChI is InChI=1S/C16H18ClN3O3/c1-10(2)8-20(9-15(21)22)16(23)14-7-13(18-19-14)11-3-5-12(17)6-4-11/h3-7,10H,8-9H2,1-2H3,(H,18,19)(H,21,22). The quantitative estimate of drug-likeness (QED) is 0.849. The third kappa shape index (κ3) is 4.56. The van der Waals surface area contributed by atoms with Gasteiger partial charge in [0.1, 0.15) is 12.2 Å². The number of aromatic amines is 1. The number of H-pyrrole nitrogens is 1. The van der Waals surface area contributed by atoms with Crippen LogP contribution in [0.25, 0.3) is 11.3 Å².